The first-order valence-electron chi connectivity index (χ1n) is 6.61. The highest BCUT2D eigenvalue weighted by molar-refractivity contribution is 5.91. The Morgan fingerprint density at radius 2 is 2.00 bits per heavy atom. The lowest BCUT2D eigenvalue weighted by atomic mass is 10.1. The SMILES string of the molecule is Cc1cc(NCCCCCN)c2ccccc2n1. The number of hydrogen-bond acceptors (Lipinski definition) is 3. The number of rotatable bonds is 6. The van der Waals surface area contributed by atoms with Gasteiger partial charge in [0.15, 0.2) is 0 Å². The van der Waals surface area contributed by atoms with E-state index in [9.17, 15) is 0 Å². The Hall–Kier alpha value is -1.61. The maximum Gasteiger partial charge on any atom is 0.0725 e. The van der Waals surface area contributed by atoms with E-state index in [2.05, 4.69) is 34.6 Å². The average Bonchev–Trinajstić information content (AvgIpc) is 2.38. The molecule has 0 aliphatic rings. The predicted octanol–water partition coefficient (Wildman–Crippen LogP) is 3.08. The van der Waals surface area contributed by atoms with Crippen LogP contribution in [0.1, 0.15) is 25.0 Å². The summed E-state index contributed by atoms with van der Waals surface area (Å²) in [4.78, 5) is 4.54. The van der Waals surface area contributed by atoms with Gasteiger partial charge in [0.25, 0.3) is 0 Å². The number of pyridine rings is 1. The zero-order valence-corrected chi connectivity index (χ0v) is 10.9. The van der Waals surface area contributed by atoms with Gasteiger partial charge in [-0.15, -0.1) is 0 Å². The monoisotopic (exact) mass is 243 g/mol. The topological polar surface area (TPSA) is 50.9 Å². The standard InChI is InChI=1S/C15H21N3/c1-12-11-15(17-10-6-2-5-9-16)13-7-3-4-8-14(13)18-12/h3-4,7-8,11H,2,5-6,9-10,16H2,1H3,(H,17,18). The lowest BCUT2D eigenvalue weighted by Gasteiger charge is -2.10. The van der Waals surface area contributed by atoms with Gasteiger partial charge in [0.1, 0.15) is 0 Å². The van der Waals surface area contributed by atoms with Gasteiger partial charge in [0.2, 0.25) is 0 Å². The van der Waals surface area contributed by atoms with Crippen LogP contribution >= 0.6 is 0 Å². The number of benzene rings is 1. The summed E-state index contributed by atoms with van der Waals surface area (Å²) in [5.74, 6) is 0. The summed E-state index contributed by atoms with van der Waals surface area (Å²) in [7, 11) is 0. The third-order valence-electron chi connectivity index (χ3n) is 3.04. The molecular formula is C15H21N3. The Bertz CT molecular complexity index is 508. The van der Waals surface area contributed by atoms with E-state index >= 15 is 0 Å². The van der Waals surface area contributed by atoms with Crippen molar-refractivity contribution in [2.45, 2.75) is 26.2 Å². The number of nitrogens with zero attached hydrogens (tertiary/aromatic N) is 1. The van der Waals surface area contributed by atoms with Crippen molar-refractivity contribution in [3.05, 3.63) is 36.0 Å². The zero-order valence-electron chi connectivity index (χ0n) is 10.9. The van der Waals surface area contributed by atoms with Crippen molar-refractivity contribution in [2.75, 3.05) is 18.4 Å². The van der Waals surface area contributed by atoms with Gasteiger partial charge in [0.05, 0.1) is 5.52 Å². The molecule has 3 heteroatoms. The Morgan fingerprint density at radius 1 is 1.17 bits per heavy atom. The molecule has 1 heterocycles. The number of para-hydroxylation sites is 1. The maximum absolute atomic E-state index is 5.49. The largest absolute Gasteiger partial charge is 0.384 e. The molecule has 0 fully saturated rings. The summed E-state index contributed by atoms with van der Waals surface area (Å²) < 4.78 is 0. The molecule has 0 aliphatic carbocycles. The molecule has 18 heavy (non-hydrogen) atoms. The van der Waals surface area contributed by atoms with Crippen LogP contribution in [0.2, 0.25) is 0 Å². The summed E-state index contributed by atoms with van der Waals surface area (Å²) in [6.07, 6.45) is 3.45. The number of fused-ring (bicyclic) bond motifs is 1. The molecule has 0 bridgehead atoms. The van der Waals surface area contributed by atoms with Gasteiger partial charge >= 0.3 is 0 Å². The van der Waals surface area contributed by atoms with Crippen LogP contribution in [0.15, 0.2) is 30.3 Å². The lowest BCUT2D eigenvalue weighted by molar-refractivity contribution is 0.707. The summed E-state index contributed by atoms with van der Waals surface area (Å²) in [6.45, 7) is 3.82. The molecule has 2 aromatic rings. The highest BCUT2D eigenvalue weighted by Gasteiger charge is 2.02. The van der Waals surface area contributed by atoms with Crippen LogP contribution in [0, 0.1) is 6.92 Å². The second kappa shape index (κ2) is 6.36. The quantitative estimate of drug-likeness (QED) is 0.767. The minimum absolute atomic E-state index is 0.789. The molecule has 1 aromatic carbocycles. The highest BCUT2D eigenvalue weighted by Crippen LogP contribution is 2.22. The fraction of sp³-hybridized carbons (Fsp3) is 0.400. The summed E-state index contributed by atoms with van der Waals surface area (Å²) in [5.41, 5.74) is 8.78. The molecule has 0 aliphatic heterocycles. The van der Waals surface area contributed by atoms with Crippen molar-refractivity contribution in [3.8, 4) is 0 Å². The first-order valence-corrected chi connectivity index (χ1v) is 6.61. The van der Waals surface area contributed by atoms with Gasteiger partial charge in [-0.2, -0.15) is 0 Å². The Labute approximate surface area is 108 Å². The van der Waals surface area contributed by atoms with E-state index in [1.54, 1.807) is 0 Å². The van der Waals surface area contributed by atoms with E-state index < -0.39 is 0 Å². The molecule has 1 aromatic heterocycles. The molecule has 96 valence electrons. The highest BCUT2D eigenvalue weighted by atomic mass is 14.9. The third kappa shape index (κ3) is 3.20. The van der Waals surface area contributed by atoms with Gasteiger partial charge in [-0.25, -0.2) is 0 Å². The molecule has 0 spiro atoms. The average molecular weight is 243 g/mol. The number of hydrogen-bond donors (Lipinski definition) is 2. The second-order valence-electron chi connectivity index (χ2n) is 4.60. The van der Waals surface area contributed by atoms with E-state index in [1.807, 2.05) is 13.0 Å². The maximum atomic E-state index is 5.49. The van der Waals surface area contributed by atoms with E-state index in [-0.39, 0.29) is 0 Å². The summed E-state index contributed by atoms with van der Waals surface area (Å²) >= 11 is 0. The van der Waals surface area contributed by atoms with Crippen molar-refractivity contribution in [1.82, 2.24) is 4.98 Å². The molecule has 3 N–H and O–H groups in total. The fourth-order valence-corrected chi connectivity index (χ4v) is 2.12. The van der Waals surface area contributed by atoms with Crippen molar-refractivity contribution in [1.29, 1.82) is 0 Å². The molecule has 3 nitrogen and oxygen atoms in total. The minimum Gasteiger partial charge on any atom is -0.384 e. The Kier molecular flexibility index (Phi) is 4.53. The Balaban J connectivity index is 2.07. The van der Waals surface area contributed by atoms with Gasteiger partial charge in [0, 0.05) is 23.3 Å². The first kappa shape index (κ1) is 12.8. The number of nitrogens with one attached hydrogen (secondary N) is 1. The smallest absolute Gasteiger partial charge is 0.0725 e. The van der Waals surface area contributed by atoms with Crippen LogP contribution in [0.3, 0.4) is 0 Å². The summed E-state index contributed by atoms with van der Waals surface area (Å²) in [5, 5.41) is 4.70. The van der Waals surface area contributed by atoms with Crippen molar-refractivity contribution < 1.29 is 0 Å². The number of aryl methyl sites for hydroxylation is 1. The first-order chi connectivity index (χ1) is 8.81. The fourth-order valence-electron chi connectivity index (χ4n) is 2.12. The van der Waals surface area contributed by atoms with Gasteiger partial charge in [-0.3, -0.25) is 4.98 Å². The van der Waals surface area contributed by atoms with Crippen LogP contribution in [0.4, 0.5) is 5.69 Å². The van der Waals surface area contributed by atoms with E-state index in [0.717, 1.165) is 37.1 Å². The van der Waals surface area contributed by atoms with Crippen LogP contribution in [-0.4, -0.2) is 18.1 Å². The predicted molar refractivity (Wildman–Crippen MR) is 77.9 cm³/mol. The third-order valence-corrected chi connectivity index (χ3v) is 3.04. The number of unbranched alkanes of at least 4 members (excludes halogenated alkanes) is 2. The number of aromatic nitrogens is 1. The Morgan fingerprint density at radius 3 is 2.83 bits per heavy atom. The summed E-state index contributed by atoms with van der Waals surface area (Å²) in [6, 6.07) is 10.4. The van der Waals surface area contributed by atoms with Crippen LogP contribution in [0.5, 0.6) is 0 Å². The lowest BCUT2D eigenvalue weighted by Crippen LogP contribution is -2.05. The minimum atomic E-state index is 0.789. The molecule has 0 amide bonds. The zero-order chi connectivity index (χ0) is 12.8. The van der Waals surface area contributed by atoms with Gasteiger partial charge in [-0.1, -0.05) is 24.6 Å². The number of anilines is 1. The molecule has 2 rings (SSSR count). The molecule has 0 saturated carbocycles. The molecule has 0 radical (unpaired) electrons. The normalized spacial score (nSPS) is 10.8. The van der Waals surface area contributed by atoms with Crippen molar-refractivity contribution >= 4 is 16.6 Å². The van der Waals surface area contributed by atoms with E-state index in [4.69, 9.17) is 5.73 Å². The molecule has 0 saturated heterocycles. The van der Waals surface area contributed by atoms with E-state index in [0.29, 0.717) is 0 Å². The molecule has 0 atom stereocenters. The molecular weight excluding hydrogens is 222 g/mol. The van der Waals surface area contributed by atoms with Crippen molar-refractivity contribution in [2.24, 2.45) is 5.73 Å². The number of nitrogens with two attached hydrogens (primary N) is 1. The van der Waals surface area contributed by atoms with E-state index in [1.165, 1.54) is 17.5 Å². The van der Waals surface area contributed by atoms with Gasteiger partial charge in [-0.05, 0) is 38.4 Å². The van der Waals surface area contributed by atoms with Gasteiger partial charge < -0.3 is 11.1 Å². The molecule has 0 unspecified atom stereocenters. The van der Waals surface area contributed by atoms with Crippen LogP contribution in [0.25, 0.3) is 10.9 Å². The van der Waals surface area contributed by atoms with Crippen molar-refractivity contribution in [3.63, 3.8) is 0 Å². The van der Waals surface area contributed by atoms with Crippen LogP contribution < -0.4 is 11.1 Å². The van der Waals surface area contributed by atoms with Crippen LogP contribution in [-0.2, 0) is 0 Å². The second-order valence-corrected chi connectivity index (χ2v) is 4.60.